The largest absolute Gasteiger partial charge is 0.343 e. The molecule has 0 saturated carbocycles. The number of rotatable bonds is 2. The summed E-state index contributed by atoms with van der Waals surface area (Å²) in [5.74, 6) is -0.140. The number of amides is 2. The van der Waals surface area contributed by atoms with Crippen LogP contribution < -0.4 is 5.32 Å². The lowest BCUT2D eigenvalue weighted by Crippen LogP contribution is -2.60. The normalized spacial score (nSPS) is 24.1. The van der Waals surface area contributed by atoms with Crippen LogP contribution in [0, 0.1) is 0 Å². The van der Waals surface area contributed by atoms with E-state index in [9.17, 15) is 9.59 Å². The van der Waals surface area contributed by atoms with Crippen molar-refractivity contribution in [2.45, 2.75) is 32.5 Å². The summed E-state index contributed by atoms with van der Waals surface area (Å²) in [5.41, 5.74) is 1.01. The lowest BCUT2D eigenvalue weighted by molar-refractivity contribution is -0.148. The van der Waals surface area contributed by atoms with Gasteiger partial charge in [0.1, 0.15) is 12.1 Å². The standard InChI is InChI=1S/C13H15BrN2O2/c1-8-13(18)16(9(2)12(17)15-8)7-10-4-3-5-11(14)6-10/h3-6,8-9H,7H2,1-2H3,(H,15,17). The lowest BCUT2D eigenvalue weighted by atomic mass is 10.1. The average Bonchev–Trinajstić information content (AvgIpc) is 2.32. The summed E-state index contributed by atoms with van der Waals surface area (Å²) < 4.78 is 0.967. The number of nitrogens with one attached hydrogen (secondary N) is 1. The van der Waals surface area contributed by atoms with Gasteiger partial charge in [-0.1, -0.05) is 28.1 Å². The molecule has 2 rings (SSSR count). The summed E-state index contributed by atoms with van der Waals surface area (Å²) in [7, 11) is 0. The van der Waals surface area contributed by atoms with Crippen molar-refractivity contribution in [1.29, 1.82) is 0 Å². The van der Waals surface area contributed by atoms with Gasteiger partial charge in [-0.25, -0.2) is 0 Å². The zero-order chi connectivity index (χ0) is 13.3. The Labute approximate surface area is 114 Å². The maximum atomic E-state index is 12.1. The first-order valence-electron chi connectivity index (χ1n) is 5.84. The van der Waals surface area contributed by atoms with Crippen LogP contribution in [0.2, 0.25) is 0 Å². The van der Waals surface area contributed by atoms with Crippen molar-refractivity contribution in [2.75, 3.05) is 0 Å². The third-order valence-electron chi connectivity index (χ3n) is 3.10. The molecule has 1 fully saturated rings. The quantitative estimate of drug-likeness (QED) is 0.903. The van der Waals surface area contributed by atoms with Gasteiger partial charge in [0.25, 0.3) is 0 Å². The second-order valence-corrected chi connectivity index (χ2v) is 5.42. The molecule has 1 aromatic rings. The van der Waals surface area contributed by atoms with E-state index < -0.39 is 12.1 Å². The van der Waals surface area contributed by atoms with E-state index in [1.807, 2.05) is 24.3 Å². The van der Waals surface area contributed by atoms with Crippen LogP contribution in [0.4, 0.5) is 0 Å². The molecule has 0 aliphatic carbocycles. The van der Waals surface area contributed by atoms with Gasteiger partial charge in [-0.3, -0.25) is 9.59 Å². The van der Waals surface area contributed by atoms with Gasteiger partial charge in [0.15, 0.2) is 0 Å². The number of nitrogens with zero attached hydrogens (tertiary/aromatic N) is 1. The highest BCUT2D eigenvalue weighted by molar-refractivity contribution is 9.10. The highest BCUT2D eigenvalue weighted by Crippen LogP contribution is 2.17. The Bertz CT molecular complexity index is 490. The Morgan fingerprint density at radius 3 is 2.72 bits per heavy atom. The second kappa shape index (κ2) is 5.10. The van der Waals surface area contributed by atoms with Gasteiger partial charge in [-0.05, 0) is 31.5 Å². The third kappa shape index (κ3) is 2.56. The Balaban J connectivity index is 2.20. The number of carbonyl (C=O) groups is 2. The molecule has 1 N–H and O–H groups in total. The van der Waals surface area contributed by atoms with Crippen molar-refractivity contribution in [1.82, 2.24) is 10.2 Å². The second-order valence-electron chi connectivity index (χ2n) is 4.50. The van der Waals surface area contributed by atoms with Crippen molar-refractivity contribution < 1.29 is 9.59 Å². The molecule has 1 saturated heterocycles. The number of carbonyl (C=O) groups excluding carboxylic acids is 2. The van der Waals surface area contributed by atoms with Crippen molar-refractivity contribution in [2.24, 2.45) is 0 Å². The van der Waals surface area contributed by atoms with E-state index >= 15 is 0 Å². The third-order valence-corrected chi connectivity index (χ3v) is 3.59. The summed E-state index contributed by atoms with van der Waals surface area (Å²) in [6.07, 6.45) is 0. The highest BCUT2D eigenvalue weighted by atomic mass is 79.9. The summed E-state index contributed by atoms with van der Waals surface area (Å²) in [4.78, 5) is 25.4. The number of piperazine rings is 1. The fourth-order valence-corrected chi connectivity index (χ4v) is 2.47. The van der Waals surface area contributed by atoms with Crippen LogP contribution in [0.5, 0.6) is 0 Å². The fourth-order valence-electron chi connectivity index (χ4n) is 2.02. The first kappa shape index (κ1) is 13.1. The molecule has 2 unspecified atom stereocenters. The number of hydrogen-bond donors (Lipinski definition) is 1. The van der Waals surface area contributed by atoms with E-state index in [0.717, 1.165) is 10.0 Å². The van der Waals surface area contributed by atoms with Gasteiger partial charge in [-0.2, -0.15) is 0 Å². The van der Waals surface area contributed by atoms with Crippen LogP contribution in [0.3, 0.4) is 0 Å². The first-order chi connectivity index (χ1) is 8.49. The van der Waals surface area contributed by atoms with Crippen LogP contribution in [0.15, 0.2) is 28.7 Å². The van der Waals surface area contributed by atoms with Crippen LogP contribution in [0.1, 0.15) is 19.4 Å². The van der Waals surface area contributed by atoms with E-state index in [1.165, 1.54) is 0 Å². The summed E-state index contributed by atoms with van der Waals surface area (Å²) in [6, 6.07) is 6.88. The van der Waals surface area contributed by atoms with Crippen LogP contribution in [0.25, 0.3) is 0 Å². The van der Waals surface area contributed by atoms with E-state index in [1.54, 1.807) is 18.7 Å². The molecule has 0 radical (unpaired) electrons. The maximum Gasteiger partial charge on any atom is 0.245 e. The minimum absolute atomic E-state index is 0.0397. The van der Waals surface area contributed by atoms with Gasteiger partial charge in [0, 0.05) is 11.0 Å². The SMILES string of the molecule is CC1NC(=O)C(C)N(Cc2cccc(Br)c2)C1=O. The predicted octanol–water partition coefficient (Wildman–Crippen LogP) is 1.68. The van der Waals surface area contributed by atoms with Gasteiger partial charge in [0.05, 0.1) is 0 Å². The molecule has 18 heavy (non-hydrogen) atoms. The predicted molar refractivity (Wildman–Crippen MR) is 71.8 cm³/mol. The molecule has 2 atom stereocenters. The van der Waals surface area contributed by atoms with Crippen molar-refractivity contribution in [3.05, 3.63) is 34.3 Å². The highest BCUT2D eigenvalue weighted by Gasteiger charge is 2.35. The topological polar surface area (TPSA) is 49.4 Å². The molecule has 2 amide bonds. The van der Waals surface area contributed by atoms with Crippen LogP contribution in [-0.4, -0.2) is 28.8 Å². The summed E-state index contributed by atoms with van der Waals surface area (Å²) >= 11 is 3.40. The molecular weight excluding hydrogens is 296 g/mol. The number of benzene rings is 1. The zero-order valence-corrected chi connectivity index (χ0v) is 11.9. The molecule has 5 heteroatoms. The van der Waals surface area contributed by atoms with Crippen molar-refractivity contribution in [3.63, 3.8) is 0 Å². The Morgan fingerprint density at radius 1 is 1.33 bits per heavy atom. The summed E-state index contributed by atoms with van der Waals surface area (Å²) in [6.45, 7) is 3.91. The van der Waals surface area contributed by atoms with E-state index in [2.05, 4.69) is 21.2 Å². The Hall–Kier alpha value is -1.36. The minimum Gasteiger partial charge on any atom is -0.343 e. The van der Waals surface area contributed by atoms with Crippen molar-refractivity contribution >= 4 is 27.7 Å². The van der Waals surface area contributed by atoms with Crippen LogP contribution >= 0.6 is 15.9 Å². The molecule has 4 nitrogen and oxygen atoms in total. The maximum absolute atomic E-state index is 12.1. The number of halogens is 1. The van der Waals surface area contributed by atoms with Gasteiger partial charge in [0.2, 0.25) is 11.8 Å². The molecular formula is C13H15BrN2O2. The molecule has 1 aromatic carbocycles. The molecule has 1 aliphatic heterocycles. The average molecular weight is 311 g/mol. The monoisotopic (exact) mass is 310 g/mol. The smallest absolute Gasteiger partial charge is 0.245 e. The Kier molecular flexibility index (Phi) is 3.71. The van der Waals surface area contributed by atoms with E-state index in [4.69, 9.17) is 0 Å². The van der Waals surface area contributed by atoms with Gasteiger partial charge >= 0.3 is 0 Å². The molecule has 0 spiro atoms. The molecule has 0 bridgehead atoms. The number of hydrogen-bond acceptors (Lipinski definition) is 2. The molecule has 96 valence electrons. The fraction of sp³-hybridized carbons (Fsp3) is 0.385. The molecule has 1 heterocycles. The first-order valence-corrected chi connectivity index (χ1v) is 6.63. The molecule has 0 aromatic heterocycles. The van der Waals surface area contributed by atoms with Gasteiger partial charge < -0.3 is 10.2 Å². The Morgan fingerprint density at radius 2 is 2.06 bits per heavy atom. The van der Waals surface area contributed by atoms with E-state index in [-0.39, 0.29) is 11.8 Å². The van der Waals surface area contributed by atoms with Crippen molar-refractivity contribution in [3.8, 4) is 0 Å². The van der Waals surface area contributed by atoms with Crippen LogP contribution in [-0.2, 0) is 16.1 Å². The molecule has 1 aliphatic rings. The lowest BCUT2D eigenvalue weighted by Gasteiger charge is -2.36. The van der Waals surface area contributed by atoms with E-state index in [0.29, 0.717) is 6.54 Å². The minimum atomic E-state index is -0.444. The summed E-state index contributed by atoms with van der Waals surface area (Å²) in [5, 5.41) is 2.67. The zero-order valence-electron chi connectivity index (χ0n) is 10.3. The van der Waals surface area contributed by atoms with Gasteiger partial charge in [-0.15, -0.1) is 0 Å².